The summed E-state index contributed by atoms with van der Waals surface area (Å²) in [6, 6.07) is 0.713. The molecule has 0 saturated heterocycles. The molecule has 1 atom stereocenters. The molecular formula is C11H25N. The first-order chi connectivity index (χ1) is 5.49. The molecule has 0 N–H and O–H groups in total. The minimum absolute atomic E-state index is 0.365. The zero-order valence-corrected chi connectivity index (χ0v) is 9.65. The normalized spacial score (nSPS) is 15.2. The highest BCUT2D eigenvalue weighted by Crippen LogP contribution is 2.21. The van der Waals surface area contributed by atoms with Crippen LogP contribution in [0.25, 0.3) is 0 Å². The van der Waals surface area contributed by atoms with Gasteiger partial charge in [-0.25, -0.2) is 0 Å². The Morgan fingerprint density at radius 1 is 1.17 bits per heavy atom. The van der Waals surface area contributed by atoms with Gasteiger partial charge in [0.2, 0.25) is 0 Å². The van der Waals surface area contributed by atoms with E-state index in [2.05, 4.69) is 46.4 Å². The van der Waals surface area contributed by atoms with Crippen LogP contribution in [-0.2, 0) is 0 Å². The van der Waals surface area contributed by atoms with Crippen LogP contribution in [0.3, 0.4) is 0 Å². The van der Waals surface area contributed by atoms with E-state index >= 15 is 0 Å². The summed E-state index contributed by atoms with van der Waals surface area (Å²) in [5, 5.41) is 0. The molecule has 1 heteroatoms. The molecule has 0 bridgehead atoms. The topological polar surface area (TPSA) is 3.24 Å². The highest BCUT2D eigenvalue weighted by atomic mass is 15.2. The van der Waals surface area contributed by atoms with Crippen molar-refractivity contribution in [2.75, 3.05) is 6.54 Å². The van der Waals surface area contributed by atoms with E-state index in [1.54, 1.807) is 0 Å². The van der Waals surface area contributed by atoms with Gasteiger partial charge in [-0.1, -0.05) is 20.8 Å². The van der Waals surface area contributed by atoms with Gasteiger partial charge in [0, 0.05) is 11.6 Å². The summed E-state index contributed by atoms with van der Waals surface area (Å²) < 4.78 is 0. The van der Waals surface area contributed by atoms with E-state index in [9.17, 15) is 0 Å². The predicted octanol–water partition coefficient (Wildman–Crippen LogP) is 3.30. The summed E-state index contributed by atoms with van der Waals surface area (Å²) in [6.07, 6.45) is 2.47. The monoisotopic (exact) mass is 171 g/mol. The summed E-state index contributed by atoms with van der Waals surface area (Å²) in [5.41, 5.74) is 0.365. The number of rotatable bonds is 5. The van der Waals surface area contributed by atoms with Crippen LogP contribution in [0.15, 0.2) is 0 Å². The highest BCUT2D eigenvalue weighted by molar-refractivity contribution is 4.82. The lowest BCUT2D eigenvalue weighted by Gasteiger charge is -2.41. The maximum absolute atomic E-state index is 2.59. The fourth-order valence-electron chi connectivity index (χ4n) is 1.76. The quantitative estimate of drug-likeness (QED) is 0.613. The van der Waals surface area contributed by atoms with Gasteiger partial charge < -0.3 is 0 Å². The van der Waals surface area contributed by atoms with E-state index < -0.39 is 0 Å². The van der Waals surface area contributed by atoms with Gasteiger partial charge in [-0.15, -0.1) is 0 Å². The third-order valence-corrected chi connectivity index (χ3v) is 3.11. The lowest BCUT2D eigenvalue weighted by Crippen LogP contribution is -2.48. The molecule has 0 aromatic rings. The fraction of sp³-hybridized carbons (Fsp3) is 1.00. The molecule has 1 nitrogen and oxygen atoms in total. The van der Waals surface area contributed by atoms with Crippen molar-refractivity contribution in [1.82, 2.24) is 4.90 Å². The smallest absolute Gasteiger partial charge is 0.0153 e. The maximum Gasteiger partial charge on any atom is 0.0153 e. The van der Waals surface area contributed by atoms with Crippen LogP contribution in [0, 0.1) is 0 Å². The first-order valence-corrected chi connectivity index (χ1v) is 5.26. The molecule has 0 aliphatic heterocycles. The molecule has 0 spiro atoms. The molecular weight excluding hydrogens is 146 g/mol. The molecule has 0 radical (unpaired) electrons. The molecule has 0 saturated carbocycles. The lowest BCUT2D eigenvalue weighted by molar-refractivity contribution is 0.0773. The second-order valence-corrected chi connectivity index (χ2v) is 4.21. The van der Waals surface area contributed by atoms with Crippen molar-refractivity contribution < 1.29 is 0 Å². The predicted molar refractivity (Wildman–Crippen MR) is 56.5 cm³/mol. The first kappa shape index (κ1) is 12.0. The van der Waals surface area contributed by atoms with Gasteiger partial charge in [0.25, 0.3) is 0 Å². The van der Waals surface area contributed by atoms with Crippen molar-refractivity contribution in [3.05, 3.63) is 0 Å². The minimum atomic E-state index is 0.365. The standard InChI is InChI=1S/C11H25N/c1-7-10(4)12(9-3)11(5,6)8-2/h10H,7-9H2,1-6H3. The van der Waals surface area contributed by atoms with Gasteiger partial charge in [0.05, 0.1) is 0 Å². The Kier molecular flexibility index (Phi) is 4.84. The Morgan fingerprint density at radius 2 is 1.67 bits per heavy atom. The number of hydrogen-bond acceptors (Lipinski definition) is 1. The Bertz CT molecular complexity index is 118. The van der Waals surface area contributed by atoms with E-state index in [0.29, 0.717) is 11.6 Å². The number of nitrogens with zero attached hydrogens (tertiary/aromatic N) is 1. The highest BCUT2D eigenvalue weighted by Gasteiger charge is 2.26. The molecule has 0 aromatic heterocycles. The summed E-state index contributed by atoms with van der Waals surface area (Å²) in [4.78, 5) is 2.59. The largest absolute Gasteiger partial charge is 0.296 e. The second kappa shape index (κ2) is 4.86. The van der Waals surface area contributed by atoms with Crippen molar-refractivity contribution in [1.29, 1.82) is 0 Å². The Hall–Kier alpha value is -0.0400. The van der Waals surface area contributed by atoms with E-state index in [0.717, 1.165) is 6.54 Å². The molecule has 0 fully saturated rings. The molecule has 0 aliphatic rings. The zero-order chi connectivity index (χ0) is 9.78. The fourth-order valence-corrected chi connectivity index (χ4v) is 1.76. The summed E-state index contributed by atoms with van der Waals surface area (Å²) in [7, 11) is 0. The molecule has 1 unspecified atom stereocenters. The van der Waals surface area contributed by atoms with Crippen LogP contribution in [0.4, 0.5) is 0 Å². The summed E-state index contributed by atoms with van der Waals surface area (Å²) in [6.45, 7) is 14.9. The molecule has 0 amide bonds. The van der Waals surface area contributed by atoms with Crippen LogP contribution < -0.4 is 0 Å². The van der Waals surface area contributed by atoms with Crippen LogP contribution in [0.1, 0.15) is 54.4 Å². The summed E-state index contributed by atoms with van der Waals surface area (Å²) in [5.74, 6) is 0. The maximum atomic E-state index is 2.59. The molecule has 0 heterocycles. The van der Waals surface area contributed by atoms with Gasteiger partial charge in [0.1, 0.15) is 0 Å². The van der Waals surface area contributed by atoms with E-state index in [1.165, 1.54) is 12.8 Å². The van der Waals surface area contributed by atoms with Crippen LogP contribution >= 0.6 is 0 Å². The van der Waals surface area contributed by atoms with Crippen LogP contribution in [-0.4, -0.2) is 23.0 Å². The third-order valence-electron chi connectivity index (χ3n) is 3.11. The van der Waals surface area contributed by atoms with Gasteiger partial charge in [-0.2, -0.15) is 0 Å². The molecule has 74 valence electrons. The second-order valence-electron chi connectivity index (χ2n) is 4.21. The minimum Gasteiger partial charge on any atom is -0.296 e. The van der Waals surface area contributed by atoms with Gasteiger partial charge in [0.15, 0.2) is 0 Å². The lowest BCUT2D eigenvalue weighted by atomic mass is 9.96. The van der Waals surface area contributed by atoms with Crippen molar-refractivity contribution in [3.8, 4) is 0 Å². The zero-order valence-electron chi connectivity index (χ0n) is 9.65. The van der Waals surface area contributed by atoms with Gasteiger partial charge in [-0.3, -0.25) is 4.90 Å². The van der Waals surface area contributed by atoms with Gasteiger partial charge in [-0.05, 0) is 40.2 Å². The molecule has 0 rings (SSSR count). The van der Waals surface area contributed by atoms with Crippen LogP contribution in [0.2, 0.25) is 0 Å². The van der Waals surface area contributed by atoms with Crippen molar-refractivity contribution in [2.45, 2.75) is 66.0 Å². The number of hydrogen-bond donors (Lipinski definition) is 0. The van der Waals surface area contributed by atoms with Gasteiger partial charge >= 0.3 is 0 Å². The Balaban J connectivity index is 4.32. The summed E-state index contributed by atoms with van der Waals surface area (Å²) >= 11 is 0. The van der Waals surface area contributed by atoms with Crippen molar-refractivity contribution in [3.63, 3.8) is 0 Å². The third kappa shape index (κ3) is 2.78. The molecule has 0 aromatic carbocycles. The van der Waals surface area contributed by atoms with E-state index in [-0.39, 0.29) is 0 Å². The molecule has 0 aliphatic carbocycles. The van der Waals surface area contributed by atoms with Crippen LogP contribution in [0.5, 0.6) is 0 Å². The van der Waals surface area contributed by atoms with Crippen molar-refractivity contribution >= 4 is 0 Å². The Morgan fingerprint density at radius 3 is 1.92 bits per heavy atom. The van der Waals surface area contributed by atoms with E-state index in [1.807, 2.05) is 0 Å². The van der Waals surface area contributed by atoms with Crippen molar-refractivity contribution in [2.24, 2.45) is 0 Å². The SMILES string of the molecule is CCC(C)N(CC)C(C)(C)CC. The average molecular weight is 171 g/mol. The first-order valence-electron chi connectivity index (χ1n) is 5.26. The van der Waals surface area contributed by atoms with E-state index in [4.69, 9.17) is 0 Å². The average Bonchev–Trinajstić information content (AvgIpc) is 2.05. The Labute approximate surface area is 78.1 Å². The molecule has 12 heavy (non-hydrogen) atoms.